The third kappa shape index (κ3) is 1.01. The maximum atomic E-state index is 11.7. The Hall–Kier alpha value is -0.370. The molecule has 0 bridgehead atoms. The summed E-state index contributed by atoms with van der Waals surface area (Å²) in [4.78, 5) is 11.7. The predicted octanol–water partition coefficient (Wildman–Crippen LogP) is 1.78. The van der Waals surface area contributed by atoms with Gasteiger partial charge in [0.15, 0.2) is 5.78 Å². The minimum atomic E-state index is -0.0670. The van der Waals surface area contributed by atoms with Gasteiger partial charge in [-0.05, 0) is 25.7 Å². The van der Waals surface area contributed by atoms with Crippen LogP contribution in [0.1, 0.15) is 33.6 Å². The molecule has 0 N–H and O–H groups in total. The van der Waals surface area contributed by atoms with Crippen molar-refractivity contribution in [3.63, 3.8) is 0 Å². The summed E-state index contributed by atoms with van der Waals surface area (Å²) in [6.45, 7) is 6.29. The molecule has 12 heavy (non-hydrogen) atoms. The Bertz CT molecular complexity index is 222. The van der Waals surface area contributed by atoms with E-state index in [0.29, 0.717) is 11.7 Å². The number of ether oxygens (including phenoxy) is 1. The minimum absolute atomic E-state index is 0.0568. The number of Topliss-reactive ketones (excluding diaryl/α,β-unsaturated/α-hetero) is 1. The third-order valence-electron chi connectivity index (χ3n) is 3.26. The topological polar surface area (TPSA) is 29.6 Å². The van der Waals surface area contributed by atoms with Gasteiger partial charge in [-0.1, -0.05) is 13.8 Å². The van der Waals surface area contributed by atoms with Crippen LogP contribution in [0.4, 0.5) is 0 Å². The van der Waals surface area contributed by atoms with Crippen LogP contribution < -0.4 is 0 Å². The van der Waals surface area contributed by atoms with E-state index in [0.717, 1.165) is 12.8 Å². The number of carbonyl (C=O) groups excluding carboxylic acids is 1. The zero-order valence-corrected chi connectivity index (χ0v) is 7.96. The fourth-order valence-corrected chi connectivity index (χ4v) is 2.22. The first-order valence-corrected chi connectivity index (χ1v) is 4.76. The molecule has 2 fully saturated rings. The van der Waals surface area contributed by atoms with Crippen molar-refractivity contribution in [2.24, 2.45) is 11.8 Å². The molecule has 0 amide bonds. The van der Waals surface area contributed by atoms with Crippen LogP contribution in [0.25, 0.3) is 0 Å². The van der Waals surface area contributed by atoms with Crippen molar-refractivity contribution in [1.29, 1.82) is 0 Å². The molecule has 0 aromatic heterocycles. The van der Waals surface area contributed by atoms with E-state index in [2.05, 4.69) is 13.8 Å². The van der Waals surface area contributed by atoms with Gasteiger partial charge in [0.25, 0.3) is 0 Å². The molecule has 1 heterocycles. The highest BCUT2D eigenvalue weighted by Crippen LogP contribution is 2.48. The van der Waals surface area contributed by atoms with Gasteiger partial charge in [-0.2, -0.15) is 0 Å². The second-order valence-corrected chi connectivity index (χ2v) is 4.60. The van der Waals surface area contributed by atoms with E-state index in [9.17, 15) is 4.79 Å². The summed E-state index contributed by atoms with van der Waals surface area (Å²) < 4.78 is 5.41. The number of epoxide rings is 1. The fraction of sp³-hybridized carbons (Fsp3) is 0.900. The lowest BCUT2D eigenvalue weighted by Crippen LogP contribution is -2.34. The van der Waals surface area contributed by atoms with Crippen LogP contribution in [0.5, 0.6) is 0 Å². The van der Waals surface area contributed by atoms with Crippen LogP contribution >= 0.6 is 0 Å². The van der Waals surface area contributed by atoms with E-state index in [1.807, 2.05) is 6.92 Å². The standard InChI is InChI=1S/C10H16O2/c1-6(2)7-4-5-10(3)9(12-10)8(7)11/h6-7,9H,4-5H2,1-3H3/t7-,9?,10+/m1/s1. The number of rotatable bonds is 1. The monoisotopic (exact) mass is 168 g/mol. The van der Waals surface area contributed by atoms with E-state index >= 15 is 0 Å². The number of fused-ring (bicyclic) bond motifs is 1. The maximum Gasteiger partial charge on any atom is 0.167 e. The molecule has 68 valence electrons. The van der Waals surface area contributed by atoms with Crippen LogP contribution in [0, 0.1) is 11.8 Å². The summed E-state index contributed by atoms with van der Waals surface area (Å²) in [5.41, 5.74) is -0.0670. The highest BCUT2D eigenvalue weighted by molar-refractivity contribution is 5.90. The Morgan fingerprint density at radius 3 is 2.83 bits per heavy atom. The minimum Gasteiger partial charge on any atom is -0.358 e. The van der Waals surface area contributed by atoms with Gasteiger partial charge < -0.3 is 4.74 Å². The van der Waals surface area contributed by atoms with Crippen molar-refractivity contribution in [3.05, 3.63) is 0 Å². The molecular weight excluding hydrogens is 152 g/mol. The molecule has 1 saturated heterocycles. The van der Waals surface area contributed by atoms with Gasteiger partial charge in [-0.3, -0.25) is 4.79 Å². The predicted molar refractivity (Wildman–Crippen MR) is 45.8 cm³/mol. The molecule has 1 unspecified atom stereocenters. The van der Waals surface area contributed by atoms with Crippen molar-refractivity contribution in [2.45, 2.75) is 45.3 Å². The largest absolute Gasteiger partial charge is 0.358 e. The van der Waals surface area contributed by atoms with Gasteiger partial charge in [0, 0.05) is 5.92 Å². The van der Waals surface area contributed by atoms with E-state index in [4.69, 9.17) is 4.74 Å². The molecule has 0 spiro atoms. The van der Waals surface area contributed by atoms with Gasteiger partial charge in [0.1, 0.15) is 6.10 Å². The molecule has 1 aliphatic carbocycles. The highest BCUT2D eigenvalue weighted by Gasteiger charge is 2.60. The van der Waals surface area contributed by atoms with Crippen molar-refractivity contribution in [2.75, 3.05) is 0 Å². The first kappa shape index (κ1) is 8.24. The van der Waals surface area contributed by atoms with Crippen molar-refractivity contribution < 1.29 is 9.53 Å². The number of ketones is 1. The highest BCUT2D eigenvalue weighted by atomic mass is 16.6. The molecule has 1 saturated carbocycles. The van der Waals surface area contributed by atoms with E-state index in [1.54, 1.807) is 0 Å². The lowest BCUT2D eigenvalue weighted by Gasteiger charge is -2.23. The van der Waals surface area contributed by atoms with E-state index < -0.39 is 0 Å². The molecule has 3 atom stereocenters. The fourth-order valence-electron chi connectivity index (χ4n) is 2.22. The average molecular weight is 168 g/mol. The molecule has 0 aromatic rings. The first-order chi connectivity index (χ1) is 5.54. The SMILES string of the molecule is CC(C)[C@H]1CC[C@]2(C)OC2C1=O. The molecule has 2 aliphatic rings. The van der Waals surface area contributed by atoms with Crippen LogP contribution in [-0.2, 0) is 9.53 Å². The smallest absolute Gasteiger partial charge is 0.167 e. The second kappa shape index (κ2) is 2.32. The summed E-state index contributed by atoms with van der Waals surface area (Å²) in [5.74, 6) is 1.08. The van der Waals surface area contributed by atoms with Gasteiger partial charge in [-0.25, -0.2) is 0 Å². The van der Waals surface area contributed by atoms with E-state index in [1.165, 1.54) is 0 Å². The Kier molecular flexibility index (Phi) is 1.59. The van der Waals surface area contributed by atoms with Gasteiger partial charge in [-0.15, -0.1) is 0 Å². The van der Waals surface area contributed by atoms with E-state index in [-0.39, 0.29) is 17.6 Å². The molecule has 0 radical (unpaired) electrons. The number of carbonyl (C=O) groups is 1. The molecule has 2 nitrogen and oxygen atoms in total. The molecular formula is C10H16O2. The van der Waals surface area contributed by atoms with Crippen molar-refractivity contribution in [3.8, 4) is 0 Å². The maximum absolute atomic E-state index is 11.7. The van der Waals surface area contributed by atoms with Crippen molar-refractivity contribution >= 4 is 5.78 Å². The van der Waals surface area contributed by atoms with Crippen molar-refractivity contribution in [1.82, 2.24) is 0 Å². The summed E-state index contributed by atoms with van der Waals surface area (Å²) in [7, 11) is 0. The Morgan fingerprint density at radius 2 is 2.25 bits per heavy atom. The third-order valence-corrected chi connectivity index (χ3v) is 3.26. The lowest BCUT2D eigenvalue weighted by molar-refractivity contribution is -0.126. The zero-order valence-electron chi connectivity index (χ0n) is 7.96. The van der Waals surface area contributed by atoms with Crippen LogP contribution in [-0.4, -0.2) is 17.5 Å². The molecule has 2 heteroatoms. The molecule has 1 aliphatic heterocycles. The van der Waals surface area contributed by atoms with Crippen LogP contribution in [0.15, 0.2) is 0 Å². The summed E-state index contributed by atoms with van der Waals surface area (Å²) >= 11 is 0. The molecule has 2 rings (SSSR count). The summed E-state index contributed by atoms with van der Waals surface area (Å²) in [6, 6.07) is 0. The van der Waals surface area contributed by atoms with Crippen LogP contribution in [0.2, 0.25) is 0 Å². The van der Waals surface area contributed by atoms with Gasteiger partial charge in [0.05, 0.1) is 5.60 Å². The van der Waals surface area contributed by atoms with Gasteiger partial charge in [0.2, 0.25) is 0 Å². The first-order valence-electron chi connectivity index (χ1n) is 4.76. The number of hydrogen-bond donors (Lipinski definition) is 0. The lowest BCUT2D eigenvalue weighted by atomic mass is 9.77. The average Bonchev–Trinajstić information content (AvgIpc) is 2.62. The Morgan fingerprint density at radius 1 is 1.58 bits per heavy atom. The van der Waals surface area contributed by atoms with Gasteiger partial charge >= 0.3 is 0 Å². The quantitative estimate of drug-likeness (QED) is 0.558. The Labute approximate surface area is 73.3 Å². The second-order valence-electron chi connectivity index (χ2n) is 4.60. The molecule has 0 aromatic carbocycles. The number of hydrogen-bond acceptors (Lipinski definition) is 2. The Balaban J connectivity index is 2.10. The zero-order chi connectivity index (χ0) is 8.93. The summed E-state index contributed by atoms with van der Waals surface area (Å²) in [5, 5.41) is 0. The summed E-state index contributed by atoms with van der Waals surface area (Å²) in [6.07, 6.45) is 2.02. The normalized spacial score (nSPS) is 46.2. The van der Waals surface area contributed by atoms with Crippen LogP contribution in [0.3, 0.4) is 0 Å².